The molecule has 1 aromatic carbocycles. The lowest BCUT2D eigenvalue weighted by Crippen LogP contribution is -2.00. The lowest BCUT2D eigenvalue weighted by molar-refractivity contribution is 0.283. The summed E-state index contributed by atoms with van der Waals surface area (Å²) in [5.74, 6) is -0.521. The molecular formula is C16H12FN3O. The Morgan fingerprint density at radius 2 is 2.19 bits per heavy atom. The second-order valence-electron chi connectivity index (χ2n) is 4.74. The molecule has 0 saturated heterocycles. The van der Waals surface area contributed by atoms with E-state index in [2.05, 4.69) is 4.98 Å². The van der Waals surface area contributed by atoms with Crippen LogP contribution in [0.4, 0.5) is 4.39 Å². The van der Waals surface area contributed by atoms with E-state index >= 15 is 0 Å². The first-order valence-electron chi connectivity index (χ1n) is 6.45. The third-order valence-corrected chi connectivity index (χ3v) is 3.39. The maximum absolute atomic E-state index is 13.3. The van der Waals surface area contributed by atoms with Gasteiger partial charge in [0.15, 0.2) is 0 Å². The predicted molar refractivity (Wildman–Crippen MR) is 75.9 cm³/mol. The molecule has 0 unspecified atom stereocenters. The topological polar surface area (TPSA) is 61.8 Å². The van der Waals surface area contributed by atoms with Gasteiger partial charge >= 0.3 is 0 Å². The number of halogens is 1. The van der Waals surface area contributed by atoms with Gasteiger partial charge in [-0.1, -0.05) is 6.07 Å². The SMILES string of the molecule is N#Cc1cc(Cn2cc(CO)c3cccnc32)ccc1F. The number of hydrogen-bond acceptors (Lipinski definition) is 3. The second kappa shape index (κ2) is 5.35. The average molecular weight is 281 g/mol. The Balaban J connectivity index is 2.04. The van der Waals surface area contributed by atoms with Crippen LogP contribution in [0.5, 0.6) is 0 Å². The fourth-order valence-corrected chi connectivity index (χ4v) is 2.39. The highest BCUT2D eigenvalue weighted by molar-refractivity contribution is 5.80. The van der Waals surface area contributed by atoms with Crippen LogP contribution in [0.3, 0.4) is 0 Å². The highest BCUT2D eigenvalue weighted by Gasteiger charge is 2.10. The first-order chi connectivity index (χ1) is 10.2. The Morgan fingerprint density at radius 3 is 2.95 bits per heavy atom. The van der Waals surface area contributed by atoms with Crippen molar-refractivity contribution in [2.75, 3.05) is 0 Å². The summed E-state index contributed by atoms with van der Waals surface area (Å²) in [6.45, 7) is 0.393. The standard InChI is InChI=1S/C16H12FN3O/c17-15-4-3-11(6-12(15)7-18)8-20-9-13(10-21)14-2-1-5-19-16(14)20/h1-6,9,21H,8,10H2. The number of benzene rings is 1. The molecule has 0 aliphatic heterocycles. The van der Waals surface area contributed by atoms with Crippen molar-refractivity contribution in [3.8, 4) is 6.07 Å². The maximum atomic E-state index is 13.3. The van der Waals surface area contributed by atoms with E-state index in [1.54, 1.807) is 12.3 Å². The van der Waals surface area contributed by atoms with Gasteiger partial charge in [-0.25, -0.2) is 9.37 Å². The first kappa shape index (κ1) is 13.3. The molecule has 1 N–H and O–H groups in total. The molecule has 0 bridgehead atoms. The van der Waals surface area contributed by atoms with Gasteiger partial charge in [0, 0.05) is 29.9 Å². The minimum atomic E-state index is -0.521. The van der Waals surface area contributed by atoms with Crippen molar-refractivity contribution in [2.45, 2.75) is 13.2 Å². The zero-order chi connectivity index (χ0) is 14.8. The second-order valence-corrected chi connectivity index (χ2v) is 4.74. The van der Waals surface area contributed by atoms with E-state index in [0.717, 1.165) is 22.2 Å². The molecule has 3 aromatic rings. The summed E-state index contributed by atoms with van der Waals surface area (Å²) in [6, 6.07) is 10.0. The van der Waals surface area contributed by atoms with E-state index in [1.807, 2.05) is 29.0 Å². The van der Waals surface area contributed by atoms with E-state index in [-0.39, 0.29) is 12.2 Å². The minimum absolute atomic E-state index is 0.0271. The molecule has 0 atom stereocenters. The highest BCUT2D eigenvalue weighted by Crippen LogP contribution is 2.21. The molecule has 104 valence electrons. The third-order valence-electron chi connectivity index (χ3n) is 3.39. The molecule has 0 radical (unpaired) electrons. The van der Waals surface area contributed by atoms with Crippen molar-refractivity contribution >= 4 is 11.0 Å². The summed E-state index contributed by atoms with van der Waals surface area (Å²) in [4.78, 5) is 4.32. The monoisotopic (exact) mass is 281 g/mol. The summed E-state index contributed by atoms with van der Waals surface area (Å²) < 4.78 is 15.2. The van der Waals surface area contributed by atoms with Crippen LogP contribution in [0, 0.1) is 17.1 Å². The van der Waals surface area contributed by atoms with Crippen LogP contribution in [0.2, 0.25) is 0 Å². The highest BCUT2D eigenvalue weighted by atomic mass is 19.1. The molecule has 3 rings (SSSR count). The Morgan fingerprint density at radius 1 is 1.33 bits per heavy atom. The Bertz CT molecular complexity index is 848. The molecule has 0 aliphatic rings. The molecule has 4 nitrogen and oxygen atoms in total. The summed E-state index contributed by atoms with van der Waals surface area (Å²) in [7, 11) is 0. The lowest BCUT2D eigenvalue weighted by Gasteiger charge is -2.05. The van der Waals surface area contributed by atoms with Crippen molar-refractivity contribution in [1.29, 1.82) is 5.26 Å². The van der Waals surface area contributed by atoms with Crippen LogP contribution in [-0.2, 0) is 13.2 Å². The molecule has 0 aliphatic carbocycles. The molecule has 2 aromatic heterocycles. The van der Waals surface area contributed by atoms with Crippen molar-refractivity contribution in [1.82, 2.24) is 9.55 Å². The zero-order valence-electron chi connectivity index (χ0n) is 11.1. The van der Waals surface area contributed by atoms with Crippen LogP contribution in [0.1, 0.15) is 16.7 Å². The number of pyridine rings is 1. The van der Waals surface area contributed by atoms with Crippen LogP contribution >= 0.6 is 0 Å². The van der Waals surface area contributed by atoms with E-state index in [0.29, 0.717) is 6.54 Å². The normalized spacial score (nSPS) is 10.7. The number of aromatic nitrogens is 2. The maximum Gasteiger partial charge on any atom is 0.140 e. The van der Waals surface area contributed by atoms with Crippen LogP contribution in [0.15, 0.2) is 42.7 Å². The summed E-state index contributed by atoms with van der Waals surface area (Å²) in [6.07, 6.45) is 3.51. The molecule has 21 heavy (non-hydrogen) atoms. The van der Waals surface area contributed by atoms with Gasteiger partial charge in [0.2, 0.25) is 0 Å². The fraction of sp³-hybridized carbons (Fsp3) is 0.125. The fourth-order valence-electron chi connectivity index (χ4n) is 2.39. The Hall–Kier alpha value is -2.71. The number of aliphatic hydroxyl groups excluding tert-OH is 1. The number of fused-ring (bicyclic) bond motifs is 1. The summed E-state index contributed by atoms with van der Waals surface area (Å²) in [5.41, 5.74) is 2.38. The third kappa shape index (κ3) is 2.37. The predicted octanol–water partition coefficient (Wildman–Crippen LogP) is 2.59. The molecule has 0 saturated carbocycles. The van der Waals surface area contributed by atoms with Crippen LogP contribution in [0.25, 0.3) is 11.0 Å². The van der Waals surface area contributed by atoms with E-state index in [9.17, 15) is 9.50 Å². The minimum Gasteiger partial charge on any atom is -0.392 e. The summed E-state index contributed by atoms with van der Waals surface area (Å²) in [5, 5.41) is 19.2. The van der Waals surface area contributed by atoms with Gasteiger partial charge in [0.05, 0.1) is 12.2 Å². The Labute approximate surface area is 120 Å². The van der Waals surface area contributed by atoms with Crippen molar-refractivity contribution < 1.29 is 9.50 Å². The largest absolute Gasteiger partial charge is 0.392 e. The van der Waals surface area contributed by atoms with Crippen LogP contribution in [-0.4, -0.2) is 14.7 Å². The molecule has 0 fully saturated rings. The molecule has 0 spiro atoms. The van der Waals surface area contributed by atoms with Gasteiger partial charge in [-0.05, 0) is 29.8 Å². The van der Waals surface area contributed by atoms with Gasteiger partial charge in [0.1, 0.15) is 17.5 Å². The van der Waals surface area contributed by atoms with Gasteiger partial charge in [0.25, 0.3) is 0 Å². The lowest BCUT2D eigenvalue weighted by atomic mass is 10.1. The van der Waals surface area contributed by atoms with E-state index < -0.39 is 5.82 Å². The molecule has 0 amide bonds. The molecule has 5 heteroatoms. The number of nitriles is 1. The van der Waals surface area contributed by atoms with E-state index in [4.69, 9.17) is 5.26 Å². The smallest absolute Gasteiger partial charge is 0.140 e. The van der Waals surface area contributed by atoms with Crippen LogP contribution < -0.4 is 0 Å². The number of nitrogens with zero attached hydrogens (tertiary/aromatic N) is 3. The number of aliphatic hydroxyl groups is 1. The van der Waals surface area contributed by atoms with Crippen molar-refractivity contribution in [2.24, 2.45) is 0 Å². The first-order valence-corrected chi connectivity index (χ1v) is 6.45. The van der Waals surface area contributed by atoms with Crippen molar-refractivity contribution in [3.05, 3.63) is 65.2 Å². The summed E-state index contributed by atoms with van der Waals surface area (Å²) >= 11 is 0. The average Bonchev–Trinajstić information content (AvgIpc) is 2.87. The Kier molecular flexibility index (Phi) is 3.38. The number of hydrogen-bond donors (Lipinski definition) is 1. The van der Waals surface area contributed by atoms with Gasteiger partial charge < -0.3 is 9.67 Å². The van der Waals surface area contributed by atoms with Gasteiger partial charge in [-0.2, -0.15) is 5.26 Å². The quantitative estimate of drug-likeness (QED) is 0.802. The molecule has 2 heterocycles. The van der Waals surface area contributed by atoms with Gasteiger partial charge in [-0.3, -0.25) is 0 Å². The van der Waals surface area contributed by atoms with E-state index in [1.165, 1.54) is 12.1 Å². The van der Waals surface area contributed by atoms with Crippen molar-refractivity contribution in [3.63, 3.8) is 0 Å². The zero-order valence-corrected chi connectivity index (χ0v) is 11.1. The molecular weight excluding hydrogens is 269 g/mol. The van der Waals surface area contributed by atoms with Gasteiger partial charge in [-0.15, -0.1) is 0 Å². The number of rotatable bonds is 3.